The Morgan fingerprint density at radius 2 is 1.83 bits per heavy atom. The minimum atomic E-state index is -3.86. The molecular weight excluding hydrogens is 400 g/mol. The lowest BCUT2D eigenvalue weighted by Crippen LogP contribution is -2.31. The number of anilines is 1. The van der Waals surface area contributed by atoms with E-state index in [4.69, 9.17) is 4.74 Å². The fraction of sp³-hybridized carbons (Fsp3) is 0.435. The zero-order valence-electron chi connectivity index (χ0n) is 17.8. The molecule has 1 fully saturated rings. The lowest BCUT2D eigenvalue weighted by molar-refractivity contribution is 0.0942. The quantitative estimate of drug-likeness (QED) is 0.716. The maximum Gasteiger partial charge on any atom is 0.264 e. The smallest absolute Gasteiger partial charge is 0.264 e. The maximum absolute atomic E-state index is 13.2. The van der Waals surface area contributed by atoms with E-state index in [0.29, 0.717) is 29.5 Å². The van der Waals surface area contributed by atoms with E-state index < -0.39 is 10.0 Å². The number of methoxy groups -OCH3 is 1. The van der Waals surface area contributed by atoms with Crippen molar-refractivity contribution in [2.45, 2.75) is 43.9 Å². The van der Waals surface area contributed by atoms with Gasteiger partial charge in [-0.25, -0.2) is 8.42 Å². The molecule has 0 unspecified atom stereocenters. The highest BCUT2D eigenvalue weighted by Gasteiger charge is 2.25. The van der Waals surface area contributed by atoms with Crippen molar-refractivity contribution in [3.8, 4) is 5.75 Å². The molecule has 7 heteroatoms. The van der Waals surface area contributed by atoms with Crippen LogP contribution in [0.3, 0.4) is 0 Å². The molecule has 0 heterocycles. The number of carbonyl (C=O) groups is 1. The van der Waals surface area contributed by atoms with E-state index in [1.165, 1.54) is 49.9 Å². The van der Waals surface area contributed by atoms with Crippen LogP contribution < -0.4 is 14.4 Å². The number of amides is 1. The van der Waals surface area contributed by atoms with E-state index in [9.17, 15) is 13.2 Å². The number of hydrogen-bond acceptors (Lipinski definition) is 4. The standard InChI is InChI=1S/C23H30N2O4S/c1-17-13-14-19(15-20(17)23(26)24-16-18-9-5-4-6-10-18)30(27,28)25(2)21-11-7-8-12-22(21)29-3/h7-8,11-15,18H,4-6,9-10,16H2,1-3H3,(H,24,26). The number of para-hydroxylation sites is 2. The molecule has 0 atom stereocenters. The number of benzene rings is 2. The van der Waals surface area contributed by atoms with Gasteiger partial charge in [-0.05, 0) is 55.5 Å². The Balaban J connectivity index is 1.83. The summed E-state index contributed by atoms with van der Waals surface area (Å²) in [5, 5.41) is 3.00. The zero-order chi connectivity index (χ0) is 21.7. The van der Waals surface area contributed by atoms with Crippen molar-refractivity contribution < 1.29 is 17.9 Å². The van der Waals surface area contributed by atoms with Gasteiger partial charge in [-0.2, -0.15) is 0 Å². The summed E-state index contributed by atoms with van der Waals surface area (Å²) in [7, 11) is -0.878. The van der Waals surface area contributed by atoms with Crippen LogP contribution in [0.25, 0.3) is 0 Å². The Kier molecular flexibility index (Phi) is 7.02. The third kappa shape index (κ3) is 4.78. The van der Waals surface area contributed by atoms with Crippen molar-refractivity contribution in [3.05, 3.63) is 53.6 Å². The van der Waals surface area contributed by atoms with Crippen molar-refractivity contribution in [1.29, 1.82) is 0 Å². The number of rotatable bonds is 7. The van der Waals surface area contributed by atoms with Crippen LogP contribution in [-0.4, -0.2) is 35.0 Å². The number of hydrogen-bond donors (Lipinski definition) is 1. The van der Waals surface area contributed by atoms with Gasteiger partial charge in [0.05, 0.1) is 17.7 Å². The van der Waals surface area contributed by atoms with Crippen LogP contribution in [0.4, 0.5) is 5.69 Å². The molecule has 1 amide bonds. The molecule has 1 aliphatic carbocycles. The first-order chi connectivity index (χ1) is 14.3. The van der Waals surface area contributed by atoms with Crippen molar-refractivity contribution in [1.82, 2.24) is 5.32 Å². The average Bonchev–Trinajstić information content (AvgIpc) is 2.77. The summed E-state index contributed by atoms with van der Waals surface area (Å²) >= 11 is 0. The summed E-state index contributed by atoms with van der Waals surface area (Å²) in [6.45, 7) is 2.45. The van der Waals surface area contributed by atoms with Crippen molar-refractivity contribution in [3.63, 3.8) is 0 Å². The van der Waals surface area contributed by atoms with Gasteiger partial charge in [0.25, 0.3) is 15.9 Å². The number of carbonyl (C=O) groups excluding carboxylic acids is 1. The van der Waals surface area contributed by atoms with Gasteiger partial charge >= 0.3 is 0 Å². The summed E-state index contributed by atoms with van der Waals surface area (Å²) in [6.07, 6.45) is 5.96. The summed E-state index contributed by atoms with van der Waals surface area (Å²) in [6, 6.07) is 11.6. The second kappa shape index (κ2) is 9.51. The van der Waals surface area contributed by atoms with Crippen LogP contribution >= 0.6 is 0 Å². The molecule has 3 rings (SSSR count). The predicted octanol–water partition coefficient (Wildman–Crippen LogP) is 4.14. The third-order valence-corrected chi connectivity index (χ3v) is 7.58. The summed E-state index contributed by atoms with van der Waals surface area (Å²) in [4.78, 5) is 12.9. The highest BCUT2D eigenvalue weighted by molar-refractivity contribution is 7.92. The summed E-state index contributed by atoms with van der Waals surface area (Å²) in [5.74, 6) is 0.739. The van der Waals surface area contributed by atoms with E-state index in [1.807, 2.05) is 6.92 Å². The Hall–Kier alpha value is -2.54. The monoisotopic (exact) mass is 430 g/mol. The van der Waals surface area contributed by atoms with Gasteiger partial charge in [-0.1, -0.05) is 37.5 Å². The highest BCUT2D eigenvalue weighted by atomic mass is 32.2. The van der Waals surface area contributed by atoms with Gasteiger partial charge in [0.2, 0.25) is 0 Å². The minimum Gasteiger partial charge on any atom is -0.495 e. The fourth-order valence-corrected chi connectivity index (χ4v) is 5.14. The molecule has 0 saturated heterocycles. The van der Waals surface area contributed by atoms with Crippen molar-refractivity contribution in [2.75, 3.05) is 25.0 Å². The Labute approximate surface area is 179 Å². The van der Waals surface area contributed by atoms with Crippen LogP contribution in [0.15, 0.2) is 47.4 Å². The Morgan fingerprint density at radius 3 is 2.53 bits per heavy atom. The predicted molar refractivity (Wildman–Crippen MR) is 119 cm³/mol. The van der Waals surface area contributed by atoms with E-state index in [2.05, 4.69) is 5.32 Å². The van der Waals surface area contributed by atoms with E-state index in [1.54, 1.807) is 30.3 Å². The maximum atomic E-state index is 13.2. The second-order valence-corrected chi connectivity index (χ2v) is 9.80. The summed E-state index contributed by atoms with van der Waals surface area (Å²) in [5.41, 5.74) is 1.57. The molecule has 30 heavy (non-hydrogen) atoms. The Bertz CT molecular complexity index is 998. The lowest BCUT2D eigenvalue weighted by atomic mass is 9.89. The van der Waals surface area contributed by atoms with E-state index >= 15 is 0 Å². The number of nitrogens with one attached hydrogen (secondary N) is 1. The molecule has 162 valence electrons. The number of nitrogens with zero attached hydrogens (tertiary/aromatic N) is 1. The molecule has 1 N–H and O–H groups in total. The van der Waals surface area contributed by atoms with Crippen LogP contribution in [0.5, 0.6) is 5.75 Å². The topological polar surface area (TPSA) is 75.7 Å². The van der Waals surface area contributed by atoms with Gasteiger partial charge in [-0.3, -0.25) is 9.10 Å². The van der Waals surface area contributed by atoms with Crippen molar-refractivity contribution >= 4 is 21.6 Å². The molecule has 1 saturated carbocycles. The number of sulfonamides is 1. The highest BCUT2D eigenvalue weighted by Crippen LogP contribution is 2.31. The van der Waals surface area contributed by atoms with Crippen molar-refractivity contribution in [2.24, 2.45) is 5.92 Å². The number of ether oxygens (including phenoxy) is 1. The van der Waals surface area contributed by atoms with Crippen LogP contribution in [0.2, 0.25) is 0 Å². The molecule has 0 spiro atoms. The van der Waals surface area contributed by atoms with Gasteiger partial charge in [0, 0.05) is 19.2 Å². The third-order valence-electron chi connectivity index (χ3n) is 5.81. The first-order valence-corrected chi connectivity index (χ1v) is 11.8. The molecule has 2 aromatic rings. The van der Waals surface area contributed by atoms with Gasteiger partial charge in [-0.15, -0.1) is 0 Å². The summed E-state index contributed by atoms with van der Waals surface area (Å²) < 4.78 is 32.9. The van der Waals surface area contributed by atoms with Crippen LogP contribution in [0, 0.1) is 12.8 Å². The van der Waals surface area contributed by atoms with Gasteiger partial charge in [0.15, 0.2) is 0 Å². The first-order valence-electron chi connectivity index (χ1n) is 10.4. The second-order valence-electron chi connectivity index (χ2n) is 7.84. The van der Waals surface area contributed by atoms with E-state index in [0.717, 1.165) is 18.4 Å². The SMILES string of the molecule is COc1ccccc1N(C)S(=O)(=O)c1ccc(C)c(C(=O)NCC2CCCCC2)c1. The normalized spacial score (nSPS) is 14.9. The zero-order valence-corrected chi connectivity index (χ0v) is 18.7. The minimum absolute atomic E-state index is 0.0734. The molecule has 0 radical (unpaired) electrons. The molecule has 0 bridgehead atoms. The molecule has 2 aromatic carbocycles. The fourth-order valence-electron chi connectivity index (χ4n) is 3.91. The molecule has 6 nitrogen and oxygen atoms in total. The van der Waals surface area contributed by atoms with Crippen LogP contribution in [0.1, 0.15) is 48.0 Å². The molecular formula is C23H30N2O4S. The average molecular weight is 431 g/mol. The largest absolute Gasteiger partial charge is 0.495 e. The molecule has 0 aromatic heterocycles. The van der Waals surface area contributed by atoms with E-state index in [-0.39, 0.29) is 10.8 Å². The van der Waals surface area contributed by atoms with Gasteiger partial charge < -0.3 is 10.1 Å². The Morgan fingerprint density at radius 1 is 1.13 bits per heavy atom. The molecule has 1 aliphatic rings. The first kappa shape index (κ1) is 22.2. The lowest BCUT2D eigenvalue weighted by Gasteiger charge is -2.23. The van der Waals surface area contributed by atoms with Gasteiger partial charge in [0.1, 0.15) is 5.75 Å². The molecule has 0 aliphatic heterocycles. The number of aryl methyl sites for hydroxylation is 1. The van der Waals surface area contributed by atoms with Crippen LogP contribution in [-0.2, 0) is 10.0 Å².